The Morgan fingerprint density at radius 2 is 1.86 bits per heavy atom. The zero-order valence-electron chi connectivity index (χ0n) is 13.0. The van der Waals surface area contributed by atoms with Gasteiger partial charge in [-0.25, -0.2) is 0 Å². The van der Waals surface area contributed by atoms with Crippen molar-refractivity contribution in [2.24, 2.45) is 11.3 Å². The molecule has 4 rings (SSSR count). The molecule has 1 spiro atoms. The second kappa shape index (κ2) is 6.21. The first-order chi connectivity index (χ1) is 10.3. The van der Waals surface area contributed by atoms with Gasteiger partial charge in [0.05, 0.1) is 0 Å². The number of halogens is 1. The molecule has 1 saturated heterocycles. The van der Waals surface area contributed by atoms with Crippen molar-refractivity contribution in [3.8, 4) is 0 Å². The van der Waals surface area contributed by atoms with Crippen LogP contribution in [0.5, 0.6) is 0 Å². The average molecular weight is 321 g/mol. The molecule has 1 aromatic carbocycles. The normalized spacial score (nSPS) is 25.4. The number of hydrogen-bond acceptors (Lipinski definition) is 2. The van der Waals surface area contributed by atoms with Gasteiger partial charge in [0.1, 0.15) is 0 Å². The maximum Gasteiger partial charge on any atom is 0.226 e. The fourth-order valence-corrected chi connectivity index (χ4v) is 3.93. The summed E-state index contributed by atoms with van der Waals surface area (Å²) in [6, 6.07) is 11.0. The van der Waals surface area contributed by atoms with Gasteiger partial charge < -0.3 is 10.2 Å². The van der Waals surface area contributed by atoms with Gasteiger partial charge in [-0.15, -0.1) is 12.4 Å². The molecule has 22 heavy (non-hydrogen) atoms. The Morgan fingerprint density at radius 3 is 2.50 bits per heavy atom. The van der Waals surface area contributed by atoms with Crippen molar-refractivity contribution >= 4 is 18.3 Å². The van der Waals surface area contributed by atoms with Crippen LogP contribution in [0, 0.1) is 11.3 Å². The molecule has 120 valence electrons. The Bertz CT molecular complexity index is 523. The van der Waals surface area contributed by atoms with Crippen LogP contribution in [0.4, 0.5) is 0 Å². The van der Waals surface area contributed by atoms with Crippen molar-refractivity contribution in [1.29, 1.82) is 0 Å². The number of benzene rings is 1. The fraction of sp³-hybridized carbons (Fsp3) is 0.611. The Balaban J connectivity index is 0.00000144. The van der Waals surface area contributed by atoms with E-state index in [1.165, 1.54) is 31.2 Å². The molecular weight excluding hydrogens is 296 g/mol. The van der Waals surface area contributed by atoms with Crippen molar-refractivity contribution in [3.05, 3.63) is 35.9 Å². The summed E-state index contributed by atoms with van der Waals surface area (Å²) in [5.74, 6) is 0.743. The highest BCUT2D eigenvalue weighted by Crippen LogP contribution is 2.59. The van der Waals surface area contributed by atoms with Crippen molar-refractivity contribution in [2.75, 3.05) is 13.1 Å². The van der Waals surface area contributed by atoms with E-state index in [9.17, 15) is 4.79 Å². The van der Waals surface area contributed by atoms with E-state index in [0.29, 0.717) is 23.3 Å². The van der Waals surface area contributed by atoms with Gasteiger partial charge >= 0.3 is 0 Å². The van der Waals surface area contributed by atoms with Crippen molar-refractivity contribution in [2.45, 2.75) is 44.7 Å². The molecule has 1 N–H and O–H groups in total. The summed E-state index contributed by atoms with van der Waals surface area (Å²) in [6.45, 7) is 2.98. The fourth-order valence-electron chi connectivity index (χ4n) is 3.93. The lowest BCUT2D eigenvalue weighted by Gasteiger charge is -2.27. The molecule has 0 radical (unpaired) electrons. The van der Waals surface area contributed by atoms with Gasteiger partial charge in [-0.2, -0.15) is 0 Å². The summed E-state index contributed by atoms with van der Waals surface area (Å²) in [4.78, 5) is 15.1. The Labute approximate surface area is 138 Å². The number of nitrogens with one attached hydrogen (secondary N) is 1. The molecule has 1 atom stereocenters. The van der Waals surface area contributed by atoms with E-state index < -0.39 is 0 Å². The topological polar surface area (TPSA) is 32.3 Å². The summed E-state index contributed by atoms with van der Waals surface area (Å²) in [5.41, 5.74) is 1.62. The molecule has 4 heteroatoms. The molecule has 3 aliphatic rings. The number of carbonyl (C=O) groups excluding carboxylic acids is 1. The highest BCUT2D eigenvalue weighted by molar-refractivity contribution is 5.85. The first-order valence-electron chi connectivity index (χ1n) is 8.34. The monoisotopic (exact) mass is 320 g/mol. The average Bonchev–Trinajstić information content (AvgIpc) is 3.43. The lowest BCUT2D eigenvalue weighted by Crippen LogP contribution is -2.37. The molecule has 1 heterocycles. The first kappa shape index (κ1) is 15.8. The van der Waals surface area contributed by atoms with E-state index in [-0.39, 0.29) is 12.4 Å². The molecule has 1 aromatic rings. The van der Waals surface area contributed by atoms with Crippen LogP contribution in [-0.4, -0.2) is 29.9 Å². The van der Waals surface area contributed by atoms with Gasteiger partial charge in [-0.1, -0.05) is 30.3 Å². The molecule has 0 bridgehead atoms. The van der Waals surface area contributed by atoms with Crippen LogP contribution in [0.15, 0.2) is 30.3 Å². The summed E-state index contributed by atoms with van der Waals surface area (Å²) < 4.78 is 0. The highest BCUT2D eigenvalue weighted by atomic mass is 35.5. The number of carbonyl (C=O) groups is 1. The summed E-state index contributed by atoms with van der Waals surface area (Å²) in [5, 5.41) is 3.42. The largest absolute Gasteiger partial charge is 0.335 e. The second-order valence-corrected chi connectivity index (χ2v) is 7.05. The Hall–Kier alpha value is -1.06. The predicted molar refractivity (Wildman–Crippen MR) is 89.9 cm³/mol. The van der Waals surface area contributed by atoms with E-state index in [4.69, 9.17) is 0 Å². The van der Waals surface area contributed by atoms with Crippen LogP contribution in [0.3, 0.4) is 0 Å². The molecule has 1 amide bonds. The maximum absolute atomic E-state index is 13.0. The lowest BCUT2D eigenvalue weighted by atomic mass is 9.91. The first-order valence-corrected chi connectivity index (χ1v) is 8.34. The molecule has 1 aliphatic heterocycles. The number of amides is 1. The molecule has 2 saturated carbocycles. The number of nitrogens with zero attached hydrogens (tertiary/aromatic N) is 1. The molecule has 2 aliphatic carbocycles. The van der Waals surface area contributed by atoms with Gasteiger partial charge in [0.2, 0.25) is 5.91 Å². The third-order valence-corrected chi connectivity index (χ3v) is 5.55. The summed E-state index contributed by atoms with van der Waals surface area (Å²) >= 11 is 0. The molecule has 0 aromatic heterocycles. The quantitative estimate of drug-likeness (QED) is 0.925. The van der Waals surface area contributed by atoms with Crippen molar-refractivity contribution in [3.63, 3.8) is 0 Å². The summed E-state index contributed by atoms with van der Waals surface area (Å²) in [6.07, 6.45) is 5.89. The van der Waals surface area contributed by atoms with Crippen LogP contribution < -0.4 is 5.32 Å². The van der Waals surface area contributed by atoms with Crippen LogP contribution >= 0.6 is 12.4 Å². The van der Waals surface area contributed by atoms with Gasteiger partial charge in [0.15, 0.2) is 0 Å². The third kappa shape index (κ3) is 3.02. The van der Waals surface area contributed by atoms with Crippen LogP contribution in [0.1, 0.15) is 37.7 Å². The second-order valence-electron chi connectivity index (χ2n) is 7.05. The number of piperidine rings is 1. The van der Waals surface area contributed by atoms with Crippen LogP contribution in [-0.2, 0) is 11.3 Å². The third-order valence-electron chi connectivity index (χ3n) is 5.55. The Kier molecular flexibility index (Phi) is 4.47. The minimum atomic E-state index is 0. The van der Waals surface area contributed by atoms with E-state index in [0.717, 1.165) is 26.1 Å². The predicted octanol–water partition coefficient (Wildman–Crippen LogP) is 2.99. The number of hydrogen-bond donors (Lipinski definition) is 1. The molecule has 3 fully saturated rings. The standard InChI is InChI=1S/C18H24N2O.ClH/c21-17(16-12-18(16)8-10-19-11-9-18)20(15-6-7-15)13-14-4-2-1-3-5-14;/h1-5,15-16,19H,6-13H2;1H. The van der Waals surface area contributed by atoms with Crippen LogP contribution in [0.25, 0.3) is 0 Å². The molecule has 3 nitrogen and oxygen atoms in total. The lowest BCUT2D eigenvalue weighted by molar-refractivity contribution is -0.134. The van der Waals surface area contributed by atoms with Crippen molar-refractivity contribution < 1.29 is 4.79 Å². The molecular formula is C18H25ClN2O. The maximum atomic E-state index is 13.0. The Morgan fingerprint density at radius 1 is 1.18 bits per heavy atom. The number of rotatable bonds is 4. The SMILES string of the molecule is Cl.O=C(C1CC12CCNCC2)N(Cc1ccccc1)C1CC1. The van der Waals surface area contributed by atoms with Crippen molar-refractivity contribution in [1.82, 2.24) is 10.2 Å². The van der Waals surface area contributed by atoms with Crippen LogP contribution in [0.2, 0.25) is 0 Å². The van der Waals surface area contributed by atoms with E-state index in [1.807, 2.05) is 6.07 Å². The van der Waals surface area contributed by atoms with Gasteiger partial charge in [-0.3, -0.25) is 4.79 Å². The van der Waals surface area contributed by atoms with E-state index in [1.54, 1.807) is 0 Å². The highest BCUT2D eigenvalue weighted by Gasteiger charge is 2.59. The van der Waals surface area contributed by atoms with Gasteiger partial charge in [0.25, 0.3) is 0 Å². The van der Waals surface area contributed by atoms with E-state index >= 15 is 0 Å². The zero-order chi connectivity index (χ0) is 14.3. The zero-order valence-corrected chi connectivity index (χ0v) is 13.8. The van der Waals surface area contributed by atoms with Gasteiger partial charge in [-0.05, 0) is 56.2 Å². The minimum absolute atomic E-state index is 0. The summed E-state index contributed by atoms with van der Waals surface area (Å²) in [7, 11) is 0. The van der Waals surface area contributed by atoms with Gasteiger partial charge in [0, 0.05) is 18.5 Å². The molecule has 1 unspecified atom stereocenters. The van der Waals surface area contributed by atoms with E-state index in [2.05, 4.69) is 34.5 Å². The smallest absolute Gasteiger partial charge is 0.226 e. The minimum Gasteiger partial charge on any atom is -0.335 e.